The van der Waals surface area contributed by atoms with E-state index in [4.69, 9.17) is 0 Å². The minimum absolute atomic E-state index is 0.0299. The van der Waals surface area contributed by atoms with Crippen LogP contribution in [-0.2, 0) is 44.3 Å². The molecular weight excluding hydrogens is 516 g/mol. The fraction of sp³-hybridized carbons (Fsp3) is 0.721. The quantitative estimate of drug-likeness (QED) is 0.334. The molecule has 2 aromatic carbocycles. The van der Waals surface area contributed by atoms with Crippen LogP contribution in [0, 0.1) is 0 Å². The highest BCUT2D eigenvalue weighted by molar-refractivity contribution is 5.58. The van der Waals surface area contributed by atoms with Gasteiger partial charge in [0, 0.05) is 0 Å². The average Bonchev–Trinajstić information content (AvgIpc) is 2.72. The Bertz CT molecular complexity index is 1290. The van der Waals surface area contributed by atoms with Gasteiger partial charge in [-0.15, -0.1) is 0 Å². The SMILES string of the molecule is CC(Cc1ccc(C(C)(C)C)c(C(C)(C)C)c1C(C)(C)C)c1cc(C(C)(C)C)c(C(C)(C)C)c(C(C)(C)C)c1C(C)(C)C. The molecule has 0 aliphatic carbocycles. The van der Waals surface area contributed by atoms with Crippen LogP contribution in [0.15, 0.2) is 18.2 Å². The predicted octanol–water partition coefficient (Wildman–Crippen LogP) is 13.1. The Morgan fingerprint density at radius 2 is 0.744 bits per heavy atom. The molecule has 0 nitrogen and oxygen atoms in total. The van der Waals surface area contributed by atoms with E-state index in [1.165, 1.54) is 16.7 Å². The molecule has 0 N–H and O–H groups in total. The van der Waals surface area contributed by atoms with Crippen molar-refractivity contribution in [3.05, 3.63) is 68.3 Å². The summed E-state index contributed by atoms with van der Waals surface area (Å²) in [6.07, 6.45) is 1.05. The van der Waals surface area contributed by atoms with Crippen LogP contribution in [0.5, 0.6) is 0 Å². The van der Waals surface area contributed by atoms with Crippen LogP contribution in [0.3, 0.4) is 0 Å². The van der Waals surface area contributed by atoms with Gasteiger partial charge in [-0.3, -0.25) is 0 Å². The Hall–Kier alpha value is -1.56. The summed E-state index contributed by atoms with van der Waals surface area (Å²) in [7, 11) is 0. The zero-order valence-corrected chi connectivity index (χ0v) is 33.0. The maximum atomic E-state index is 2.64. The predicted molar refractivity (Wildman–Crippen MR) is 196 cm³/mol. The van der Waals surface area contributed by atoms with E-state index in [0.29, 0.717) is 5.92 Å². The van der Waals surface area contributed by atoms with E-state index in [-0.39, 0.29) is 37.9 Å². The topological polar surface area (TPSA) is 0 Å². The van der Waals surface area contributed by atoms with Crippen molar-refractivity contribution in [3.63, 3.8) is 0 Å². The molecule has 1 unspecified atom stereocenters. The van der Waals surface area contributed by atoms with E-state index in [2.05, 4.69) is 171 Å². The summed E-state index contributed by atoms with van der Waals surface area (Å²) in [5.41, 5.74) is 14.3. The van der Waals surface area contributed by atoms with Crippen molar-refractivity contribution >= 4 is 0 Å². The van der Waals surface area contributed by atoms with Crippen LogP contribution in [0.2, 0.25) is 0 Å². The van der Waals surface area contributed by atoms with Crippen molar-refractivity contribution in [2.75, 3.05) is 0 Å². The lowest BCUT2D eigenvalue weighted by atomic mass is 9.62. The molecule has 244 valence electrons. The first kappa shape index (κ1) is 37.6. The monoisotopic (exact) mass is 589 g/mol. The normalized spacial score (nSPS) is 15.2. The molecule has 0 saturated carbocycles. The van der Waals surface area contributed by atoms with Crippen molar-refractivity contribution in [2.45, 2.75) is 203 Å². The van der Waals surface area contributed by atoms with Crippen molar-refractivity contribution in [2.24, 2.45) is 0 Å². The number of hydrogen-bond acceptors (Lipinski definition) is 0. The first-order chi connectivity index (χ1) is 18.7. The third-order valence-corrected chi connectivity index (χ3v) is 9.07. The standard InChI is InChI=1S/C43H72/c1-27(25-28-23-24-30(37(2,3)4)34(41(14,15)16)32(28)39(8,9)10)29-26-31(38(5,6)7)35(42(17,18)19)36(43(20,21)22)33(29)40(11,12)13/h23-24,26-27H,25H2,1-22H3. The maximum absolute atomic E-state index is 2.64. The molecule has 0 fully saturated rings. The third-order valence-electron chi connectivity index (χ3n) is 9.07. The maximum Gasteiger partial charge on any atom is -0.0126 e. The van der Waals surface area contributed by atoms with Crippen molar-refractivity contribution < 1.29 is 0 Å². The van der Waals surface area contributed by atoms with Crippen LogP contribution < -0.4 is 0 Å². The Labute approximate surface area is 270 Å². The average molecular weight is 589 g/mol. The molecule has 1 atom stereocenters. The van der Waals surface area contributed by atoms with Gasteiger partial charge in [-0.25, -0.2) is 0 Å². The Balaban J connectivity index is 3.13. The molecule has 43 heavy (non-hydrogen) atoms. The largest absolute Gasteiger partial charge is 0.0584 e. The number of rotatable bonds is 3. The minimum Gasteiger partial charge on any atom is -0.0584 e. The van der Waals surface area contributed by atoms with Gasteiger partial charge in [0.2, 0.25) is 0 Å². The van der Waals surface area contributed by atoms with E-state index in [1.54, 1.807) is 33.4 Å². The second-order valence-corrected chi connectivity index (χ2v) is 21.0. The van der Waals surface area contributed by atoms with Gasteiger partial charge in [0.1, 0.15) is 0 Å². The fourth-order valence-corrected chi connectivity index (χ4v) is 7.54. The van der Waals surface area contributed by atoms with Gasteiger partial charge in [-0.1, -0.05) is 171 Å². The Morgan fingerprint density at radius 3 is 1.07 bits per heavy atom. The van der Waals surface area contributed by atoms with Gasteiger partial charge in [0.05, 0.1) is 0 Å². The summed E-state index contributed by atoms with van der Waals surface area (Å²) in [5, 5.41) is 0. The van der Waals surface area contributed by atoms with Crippen LogP contribution >= 0.6 is 0 Å². The van der Waals surface area contributed by atoms with Gasteiger partial charge in [-0.05, 0) is 100 Å². The van der Waals surface area contributed by atoms with Crippen LogP contribution in [-0.4, -0.2) is 0 Å². The molecule has 0 heteroatoms. The lowest BCUT2D eigenvalue weighted by molar-refractivity contribution is 0.469. The zero-order chi connectivity index (χ0) is 34.1. The highest BCUT2D eigenvalue weighted by Gasteiger charge is 2.39. The highest BCUT2D eigenvalue weighted by Crippen LogP contribution is 2.50. The van der Waals surface area contributed by atoms with Gasteiger partial charge in [0.15, 0.2) is 0 Å². The highest BCUT2D eigenvalue weighted by atomic mass is 14.4. The molecule has 2 aromatic rings. The summed E-state index contributed by atoms with van der Waals surface area (Å²) in [5.74, 6) is 0.389. The van der Waals surface area contributed by atoms with Crippen LogP contribution in [0.1, 0.15) is 208 Å². The van der Waals surface area contributed by atoms with E-state index in [0.717, 1.165) is 6.42 Å². The second-order valence-electron chi connectivity index (χ2n) is 21.0. The Morgan fingerprint density at radius 1 is 0.395 bits per heavy atom. The lowest BCUT2D eigenvalue weighted by Gasteiger charge is -2.43. The van der Waals surface area contributed by atoms with Crippen LogP contribution in [0.4, 0.5) is 0 Å². The first-order valence-corrected chi connectivity index (χ1v) is 17.1. The molecule has 0 aromatic heterocycles. The molecular formula is C43H72. The minimum atomic E-state index is 0.0299. The summed E-state index contributed by atoms with van der Waals surface area (Å²) in [6, 6.07) is 7.60. The van der Waals surface area contributed by atoms with Crippen molar-refractivity contribution in [1.82, 2.24) is 0 Å². The van der Waals surface area contributed by atoms with Crippen molar-refractivity contribution in [1.29, 1.82) is 0 Å². The van der Waals surface area contributed by atoms with E-state index < -0.39 is 0 Å². The van der Waals surface area contributed by atoms with E-state index in [9.17, 15) is 0 Å². The van der Waals surface area contributed by atoms with Crippen molar-refractivity contribution in [3.8, 4) is 0 Å². The molecule has 0 radical (unpaired) electrons. The summed E-state index contributed by atoms with van der Waals surface area (Å²) >= 11 is 0. The summed E-state index contributed by atoms with van der Waals surface area (Å²) in [6.45, 7) is 53.2. The molecule has 0 heterocycles. The third kappa shape index (κ3) is 8.19. The van der Waals surface area contributed by atoms with Gasteiger partial charge >= 0.3 is 0 Å². The molecule has 0 aliphatic heterocycles. The number of benzene rings is 2. The number of hydrogen-bond donors (Lipinski definition) is 0. The first-order valence-electron chi connectivity index (χ1n) is 17.1. The van der Waals surface area contributed by atoms with Gasteiger partial charge in [-0.2, -0.15) is 0 Å². The summed E-state index contributed by atoms with van der Waals surface area (Å²) < 4.78 is 0. The molecule has 0 saturated heterocycles. The summed E-state index contributed by atoms with van der Waals surface area (Å²) in [4.78, 5) is 0. The van der Waals surface area contributed by atoms with E-state index in [1.807, 2.05) is 0 Å². The van der Waals surface area contributed by atoms with Crippen LogP contribution in [0.25, 0.3) is 0 Å². The zero-order valence-electron chi connectivity index (χ0n) is 33.0. The fourth-order valence-electron chi connectivity index (χ4n) is 7.54. The molecule has 0 amide bonds. The lowest BCUT2D eigenvalue weighted by Crippen LogP contribution is -2.34. The van der Waals surface area contributed by atoms with E-state index >= 15 is 0 Å². The van der Waals surface area contributed by atoms with Gasteiger partial charge in [0.25, 0.3) is 0 Å². The molecule has 0 aliphatic rings. The van der Waals surface area contributed by atoms with Gasteiger partial charge < -0.3 is 0 Å². The Kier molecular flexibility index (Phi) is 9.93. The smallest absolute Gasteiger partial charge is 0.0126 e. The molecule has 0 spiro atoms. The molecule has 2 rings (SSSR count). The second kappa shape index (κ2) is 11.4. The molecule has 0 bridgehead atoms.